The Labute approximate surface area is 376 Å². The van der Waals surface area contributed by atoms with Crippen molar-refractivity contribution in [2.24, 2.45) is 11.3 Å². The van der Waals surface area contributed by atoms with Gasteiger partial charge in [0.1, 0.15) is 17.8 Å². The van der Waals surface area contributed by atoms with Gasteiger partial charge in [0, 0.05) is 25.4 Å². The minimum Gasteiger partial charge on any atom is -0.494 e. The molecule has 328 valence electrons. The van der Waals surface area contributed by atoms with Gasteiger partial charge in [-0.2, -0.15) is 0 Å². The monoisotopic (exact) mass is 864 g/mol. The second kappa shape index (κ2) is 21.0. The Morgan fingerprint density at radius 2 is 1.40 bits per heavy atom. The third kappa shape index (κ3) is 11.4. The summed E-state index contributed by atoms with van der Waals surface area (Å²) in [6, 6.07) is 44.5. The highest BCUT2D eigenvalue weighted by molar-refractivity contribution is 8.00. The summed E-state index contributed by atoms with van der Waals surface area (Å²) in [5, 5.41) is 9.11. The lowest BCUT2D eigenvalue weighted by molar-refractivity contribution is -0.139. The minimum absolute atomic E-state index is 0.209. The zero-order valence-electron chi connectivity index (χ0n) is 36.7. The summed E-state index contributed by atoms with van der Waals surface area (Å²) in [6.07, 6.45) is 3.20. The first-order valence-electron chi connectivity index (χ1n) is 22.3. The number of carbonyl (C=O) groups excluding carboxylic acids is 4. The highest BCUT2D eigenvalue weighted by Crippen LogP contribution is 2.50. The van der Waals surface area contributed by atoms with E-state index in [1.807, 2.05) is 129 Å². The SMILES string of the molecule is Cc1ccc2cc1CNC(=O)[C@@H](CCc1ccccc1)NC(=O)[C@H](NC(=O)C(C)(C)CSC(c1ccccc1)(c1ccccc1)c1ccccc1)CC(=O)N1CCCC(CCO2)C1. The summed E-state index contributed by atoms with van der Waals surface area (Å²) in [4.78, 5) is 59.5. The van der Waals surface area contributed by atoms with Crippen LogP contribution in [0.15, 0.2) is 140 Å². The molecule has 2 aliphatic rings. The summed E-state index contributed by atoms with van der Waals surface area (Å²) < 4.78 is 5.54. The van der Waals surface area contributed by atoms with Crippen LogP contribution in [-0.4, -0.2) is 66.1 Å². The van der Waals surface area contributed by atoms with Crippen LogP contribution < -0.4 is 20.7 Å². The molecule has 1 unspecified atom stereocenters. The van der Waals surface area contributed by atoms with Crippen LogP contribution in [0.2, 0.25) is 0 Å². The van der Waals surface area contributed by atoms with E-state index >= 15 is 0 Å². The standard InChI is InChI=1S/C53H60N4O5S/c1-38-26-28-45-33-41(38)35-54-49(59)46(29-27-39-17-8-4-9-18-39)55-50(60)47(34-48(58)57-31-16-19-40(36-57)30-32-62-45)56-51(61)52(2,3)37-63-53(42-20-10-5-11-21-42,43-22-12-6-13-23-43)44-24-14-7-15-25-44/h4-15,17-18,20-26,28,33,40,46-47H,16,19,27,29-32,34-37H2,1-3H3,(H,54,59)(H,55,60)(H,56,61)/t40?,46-,47-/m1/s1. The number of amides is 4. The van der Waals surface area contributed by atoms with Crippen molar-refractivity contribution < 1.29 is 23.9 Å². The van der Waals surface area contributed by atoms with Gasteiger partial charge < -0.3 is 25.6 Å². The number of ether oxygens (including phenoxy) is 1. The molecule has 4 amide bonds. The maximum absolute atomic E-state index is 14.7. The molecular formula is C53H60N4O5S. The quantitative estimate of drug-likeness (QED) is 0.115. The van der Waals surface area contributed by atoms with Crippen molar-refractivity contribution in [3.63, 3.8) is 0 Å². The van der Waals surface area contributed by atoms with Crippen LogP contribution >= 0.6 is 11.8 Å². The summed E-state index contributed by atoms with van der Waals surface area (Å²) >= 11 is 1.67. The summed E-state index contributed by atoms with van der Waals surface area (Å²) in [7, 11) is 0. The van der Waals surface area contributed by atoms with Gasteiger partial charge in [-0.15, -0.1) is 11.8 Å². The van der Waals surface area contributed by atoms with E-state index in [-0.39, 0.29) is 36.6 Å². The first kappa shape index (κ1) is 45.2. The van der Waals surface area contributed by atoms with E-state index < -0.39 is 28.2 Å². The van der Waals surface area contributed by atoms with Crippen LogP contribution in [0.25, 0.3) is 0 Å². The molecule has 3 atom stereocenters. The third-order valence-electron chi connectivity index (χ3n) is 12.4. The van der Waals surface area contributed by atoms with Crippen LogP contribution in [0.1, 0.15) is 79.3 Å². The molecule has 0 radical (unpaired) electrons. The van der Waals surface area contributed by atoms with E-state index in [0.29, 0.717) is 38.3 Å². The van der Waals surface area contributed by atoms with Gasteiger partial charge in [-0.1, -0.05) is 141 Å². The van der Waals surface area contributed by atoms with Crippen molar-refractivity contribution in [3.05, 3.63) is 173 Å². The Morgan fingerprint density at radius 1 is 0.794 bits per heavy atom. The number of aryl methyl sites for hydroxylation is 2. The fourth-order valence-electron chi connectivity index (χ4n) is 8.59. The van der Waals surface area contributed by atoms with Crippen LogP contribution in [0.5, 0.6) is 5.75 Å². The van der Waals surface area contributed by atoms with E-state index in [1.165, 1.54) is 0 Å². The van der Waals surface area contributed by atoms with E-state index in [9.17, 15) is 19.2 Å². The predicted octanol–water partition coefficient (Wildman–Crippen LogP) is 8.38. The normalized spacial score (nSPS) is 19.1. The van der Waals surface area contributed by atoms with Crippen LogP contribution in [0, 0.1) is 18.3 Å². The van der Waals surface area contributed by atoms with Gasteiger partial charge in [0.05, 0.1) is 23.2 Å². The van der Waals surface area contributed by atoms with Gasteiger partial charge in [-0.25, -0.2) is 0 Å². The molecule has 7 rings (SSSR count). The number of hydrogen-bond acceptors (Lipinski definition) is 6. The predicted molar refractivity (Wildman–Crippen MR) is 251 cm³/mol. The lowest BCUT2D eigenvalue weighted by Gasteiger charge is -2.38. The first-order chi connectivity index (χ1) is 30.5. The van der Waals surface area contributed by atoms with E-state index in [0.717, 1.165) is 58.4 Å². The molecule has 2 aliphatic heterocycles. The first-order valence-corrected chi connectivity index (χ1v) is 23.2. The number of nitrogens with one attached hydrogen (secondary N) is 3. The van der Waals surface area contributed by atoms with Crippen LogP contribution in [0.4, 0.5) is 0 Å². The van der Waals surface area contributed by atoms with Gasteiger partial charge in [0.15, 0.2) is 0 Å². The van der Waals surface area contributed by atoms with E-state index in [1.54, 1.807) is 11.8 Å². The average molecular weight is 865 g/mol. The number of carbonyl (C=O) groups is 4. The number of fused-ring (bicyclic) bond motifs is 4. The molecule has 3 N–H and O–H groups in total. The molecule has 4 bridgehead atoms. The van der Waals surface area contributed by atoms with Gasteiger partial charge in [-0.05, 0) is 90.5 Å². The Morgan fingerprint density at radius 3 is 2.02 bits per heavy atom. The van der Waals surface area contributed by atoms with Crippen molar-refractivity contribution in [1.29, 1.82) is 0 Å². The van der Waals surface area contributed by atoms with Gasteiger partial charge in [0.2, 0.25) is 23.6 Å². The largest absolute Gasteiger partial charge is 0.494 e. The molecule has 0 saturated carbocycles. The molecule has 2 heterocycles. The Bertz CT molecular complexity index is 2210. The molecule has 1 fully saturated rings. The Hall–Kier alpha value is -5.87. The number of thioether (sulfide) groups is 1. The maximum atomic E-state index is 14.7. The molecule has 0 aromatic heterocycles. The van der Waals surface area contributed by atoms with Crippen molar-refractivity contribution in [3.8, 4) is 5.75 Å². The van der Waals surface area contributed by atoms with Gasteiger partial charge in [-0.3, -0.25) is 19.2 Å². The summed E-state index contributed by atoms with van der Waals surface area (Å²) in [5.74, 6) is -0.140. The fourth-order valence-corrected chi connectivity index (χ4v) is 10.2. The number of hydrogen-bond donors (Lipinski definition) is 3. The molecule has 0 aliphatic carbocycles. The van der Waals surface area contributed by atoms with Crippen molar-refractivity contribution in [2.45, 2.75) is 82.7 Å². The second-order valence-corrected chi connectivity index (χ2v) is 18.7. The number of piperidine rings is 1. The Kier molecular flexibility index (Phi) is 15.1. The van der Waals surface area contributed by atoms with Gasteiger partial charge >= 0.3 is 0 Å². The lowest BCUT2D eigenvalue weighted by atomic mass is 9.84. The summed E-state index contributed by atoms with van der Waals surface area (Å²) in [6.45, 7) is 7.63. The van der Waals surface area contributed by atoms with Crippen LogP contribution in [0.3, 0.4) is 0 Å². The van der Waals surface area contributed by atoms with Crippen molar-refractivity contribution in [1.82, 2.24) is 20.9 Å². The highest BCUT2D eigenvalue weighted by Gasteiger charge is 2.41. The molecule has 10 heteroatoms. The molecule has 5 aromatic carbocycles. The lowest BCUT2D eigenvalue weighted by Crippen LogP contribution is -2.57. The zero-order chi connectivity index (χ0) is 44.2. The van der Waals surface area contributed by atoms with Crippen molar-refractivity contribution in [2.75, 3.05) is 25.4 Å². The van der Waals surface area contributed by atoms with E-state index in [4.69, 9.17) is 4.74 Å². The van der Waals surface area contributed by atoms with E-state index in [2.05, 4.69) is 52.3 Å². The number of rotatable bonds is 11. The van der Waals surface area contributed by atoms with Crippen molar-refractivity contribution >= 4 is 35.4 Å². The second-order valence-electron chi connectivity index (χ2n) is 17.6. The molecule has 0 spiro atoms. The molecule has 5 aromatic rings. The number of benzene rings is 5. The topological polar surface area (TPSA) is 117 Å². The minimum atomic E-state index is -1.22. The third-order valence-corrected chi connectivity index (χ3v) is 14.4. The molecule has 9 nitrogen and oxygen atoms in total. The smallest absolute Gasteiger partial charge is 0.243 e. The Balaban J connectivity index is 1.17. The van der Waals surface area contributed by atoms with Crippen LogP contribution in [-0.2, 0) is 36.9 Å². The molecular weight excluding hydrogens is 805 g/mol. The summed E-state index contributed by atoms with van der Waals surface area (Å²) in [5.41, 5.74) is 5.18. The zero-order valence-corrected chi connectivity index (χ0v) is 37.5. The molecule has 63 heavy (non-hydrogen) atoms. The fraction of sp³-hybridized carbons (Fsp3) is 0.358. The molecule has 1 saturated heterocycles. The average Bonchev–Trinajstić information content (AvgIpc) is 3.31. The maximum Gasteiger partial charge on any atom is 0.243 e. The van der Waals surface area contributed by atoms with Gasteiger partial charge in [0.25, 0.3) is 0 Å². The number of nitrogens with zero attached hydrogens (tertiary/aromatic N) is 1. The highest BCUT2D eigenvalue weighted by atomic mass is 32.2.